The van der Waals surface area contributed by atoms with Crippen LogP contribution in [0.4, 0.5) is 5.69 Å². The average Bonchev–Trinajstić information content (AvgIpc) is 2.88. The van der Waals surface area contributed by atoms with Gasteiger partial charge in [0.1, 0.15) is 4.21 Å². The Bertz CT molecular complexity index is 696. The number of aromatic nitrogens is 1. The highest BCUT2D eigenvalue weighted by molar-refractivity contribution is 7.94. The summed E-state index contributed by atoms with van der Waals surface area (Å²) < 4.78 is 27.6. The van der Waals surface area contributed by atoms with Crippen molar-refractivity contribution in [3.63, 3.8) is 0 Å². The SMILES string of the molecule is CCNCCc1ccc(S(=O)(=O)Nc2ccnc(C)c2)s1. The lowest BCUT2D eigenvalue weighted by Crippen LogP contribution is -2.15. The van der Waals surface area contributed by atoms with Crippen LogP contribution in [0.2, 0.25) is 0 Å². The lowest BCUT2D eigenvalue weighted by atomic mass is 10.3. The number of nitrogens with one attached hydrogen (secondary N) is 2. The van der Waals surface area contributed by atoms with Crippen molar-refractivity contribution in [2.75, 3.05) is 17.8 Å². The van der Waals surface area contributed by atoms with Crippen molar-refractivity contribution in [3.8, 4) is 0 Å². The second-order valence-electron chi connectivity index (χ2n) is 4.62. The summed E-state index contributed by atoms with van der Waals surface area (Å²) in [5.41, 5.74) is 1.30. The molecule has 0 aliphatic rings. The van der Waals surface area contributed by atoms with E-state index in [9.17, 15) is 8.42 Å². The Labute approximate surface area is 129 Å². The smallest absolute Gasteiger partial charge is 0.271 e. The van der Waals surface area contributed by atoms with E-state index in [2.05, 4.69) is 15.0 Å². The summed E-state index contributed by atoms with van der Waals surface area (Å²) >= 11 is 1.31. The highest BCUT2D eigenvalue weighted by atomic mass is 32.2. The molecule has 2 heterocycles. The zero-order chi connectivity index (χ0) is 15.3. The number of sulfonamides is 1. The van der Waals surface area contributed by atoms with Gasteiger partial charge in [0.25, 0.3) is 10.0 Å². The van der Waals surface area contributed by atoms with Crippen LogP contribution in [0.1, 0.15) is 17.5 Å². The molecule has 7 heteroatoms. The van der Waals surface area contributed by atoms with Crippen molar-refractivity contribution >= 4 is 27.0 Å². The average molecular weight is 325 g/mol. The lowest BCUT2D eigenvalue weighted by Gasteiger charge is -2.06. The molecule has 2 aromatic heterocycles. The van der Waals surface area contributed by atoms with E-state index in [1.807, 2.05) is 19.9 Å². The van der Waals surface area contributed by atoms with Crippen molar-refractivity contribution < 1.29 is 8.42 Å². The fourth-order valence-electron chi connectivity index (χ4n) is 1.84. The van der Waals surface area contributed by atoms with Crippen LogP contribution >= 0.6 is 11.3 Å². The molecule has 0 unspecified atom stereocenters. The molecule has 0 aromatic carbocycles. The molecule has 0 aliphatic heterocycles. The fraction of sp³-hybridized carbons (Fsp3) is 0.357. The minimum Gasteiger partial charge on any atom is -0.317 e. The minimum absolute atomic E-state index is 0.337. The van der Waals surface area contributed by atoms with Gasteiger partial charge in [-0.05, 0) is 50.7 Å². The van der Waals surface area contributed by atoms with Crippen LogP contribution in [0.25, 0.3) is 0 Å². The van der Waals surface area contributed by atoms with Gasteiger partial charge < -0.3 is 5.32 Å². The first-order valence-electron chi connectivity index (χ1n) is 6.76. The van der Waals surface area contributed by atoms with E-state index in [1.165, 1.54) is 11.3 Å². The quantitative estimate of drug-likeness (QED) is 0.767. The van der Waals surface area contributed by atoms with Gasteiger partial charge in [0.15, 0.2) is 0 Å². The maximum absolute atomic E-state index is 12.3. The monoisotopic (exact) mass is 325 g/mol. The molecule has 0 saturated carbocycles. The summed E-state index contributed by atoms with van der Waals surface area (Å²) in [6.45, 7) is 5.64. The summed E-state index contributed by atoms with van der Waals surface area (Å²) in [5.74, 6) is 0. The molecule has 0 fully saturated rings. The summed E-state index contributed by atoms with van der Waals surface area (Å²) in [7, 11) is -3.52. The standard InChI is InChI=1S/C14H19N3O2S2/c1-3-15-8-7-13-4-5-14(20-13)21(18,19)17-12-6-9-16-11(2)10-12/h4-6,9-10,15H,3,7-8H2,1-2H3,(H,16,17). The largest absolute Gasteiger partial charge is 0.317 e. The lowest BCUT2D eigenvalue weighted by molar-refractivity contribution is 0.603. The Morgan fingerprint density at radius 3 is 2.81 bits per heavy atom. The van der Waals surface area contributed by atoms with Crippen molar-refractivity contribution in [1.82, 2.24) is 10.3 Å². The van der Waals surface area contributed by atoms with Gasteiger partial charge in [0.05, 0.1) is 5.69 Å². The van der Waals surface area contributed by atoms with Crippen LogP contribution in [-0.2, 0) is 16.4 Å². The zero-order valence-electron chi connectivity index (χ0n) is 12.1. The van der Waals surface area contributed by atoms with Crippen LogP contribution in [-0.4, -0.2) is 26.5 Å². The van der Waals surface area contributed by atoms with Crippen molar-refractivity contribution in [2.24, 2.45) is 0 Å². The Kier molecular flexibility index (Phi) is 5.33. The third-order valence-corrected chi connectivity index (χ3v) is 5.87. The van der Waals surface area contributed by atoms with E-state index < -0.39 is 10.0 Å². The molecule has 114 valence electrons. The molecule has 0 aliphatic carbocycles. The van der Waals surface area contributed by atoms with Gasteiger partial charge in [-0.25, -0.2) is 8.42 Å². The van der Waals surface area contributed by atoms with Crippen LogP contribution in [0.5, 0.6) is 0 Å². The number of rotatable bonds is 7. The number of likely N-dealkylation sites (N-methyl/N-ethyl adjacent to an activating group) is 1. The van der Waals surface area contributed by atoms with Crippen molar-refractivity contribution in [3.05, 3.63) is 41.0 Å². The normalized spacial score (nSPS) is 11.5. The molecule has 2 aromatic rings. The summed E-state index contributed by atoms with van der Waals surface area (Å²) in [5, 5.41) is 3.23. The second-order valence-corrected chi connectivity index (χ2v) is 7.69. The van der Waals surface area contributed by atoms with Crippen LogP contribution in [0.3, 0.4) is 0 Å². The van der Waals surface area contributed by atoms with Crippen molar-refractivity contribution in [2.45, 2.75) is 24.5 Å². The van der Waals surface area contributed by atoms with Crippen LogP contribution < -0.4 is 10.0 Å². The highest BCUT2D eigenvalue weighted by Gasteiger charge is 2.17. The van der Waals surface area contributed by atoms with Gasteiger partial charge in [-0.3, -0.25) is 9.71 Å². The number of aryl methyl sites for hydroxylation is 1. The van der Waals surface area contributed by atoms with Gasteiger partial charge in [-0.2, -0.15) is 0 Å². The molecule has 2 N–H and O–H groups in total. The number of pyridine rings is 1. The number of hydrogen-bond acceptors (Lipinski definition) is 5. The van der Waals surface area contributed by atoms with Gasteiger partial charge in [-0.1, -0.05) is 6.92 Å². The van der Waals surface area contributed by atoms with E-state index in [4.69, 9.17) is 0 Å². The summed E-state index contributed by atoms with van der Waals surface area (Å²) in [4.78, 5) is 5.11. The Hall–Kier alpha value is -1.44. The van der Waals surface area contributed by atoms with Gasteiger partial charge >= 0.3 is 0 Å². The molecule has 0 bridgehead atoms. The van der Waals surface area contributed by atoms with Gasteiger partial charge in [-0.15, -0.1) is 11.3 Å². The van der Waals surface area contributed by atoms with E-state index in [0.717, 1.165) is 30.1 Å². The minimum atomic E-state index is -3.52. The highest BCUT2D eigenvalue weighted by Crippen LogP contribution is 2.24. The molecule has 5 nitrogen and oxygen atoms in total. The fourth-order valence-corrected chi connectivity index (χ4v) is 4.24. The van der Waals surface area contributed by atoms with E-state index in [-0.39, 0.29) is 0 Å². The van der Waals surface area contributed by atoms with E-state index in [0.29, 0.717) is 9.90 Å². The zero-order valence-corrected chi connectivity index (χ0v) is 13.7. The first-order chi connectivity index (χ1) is 10.0. The molecule has 2 rings (SSSR count). The molecule has 0 saturated heterocycles. The van der Waals surface area contributed by atoms with Crippen molar-refractivity contribution in [1.29, 1.82) is 0 Å². The maximum atomic E-state index is 12.3. The molecular weight excluding hydrogens is 306 g/mol. The summed E-state index contributed by atoms with van der Waals surface area (Å²) in [6.07, 6.45) is 2.42. The molecule has 21 heavy (non-hydrogen) atoms. The van der Waals surface area contributed by atoms with Crippen LogP contribution in [0.15, 0.2) is 34.7 Å². The number of thiophene rings is 1. The molecule has 0 spiro atoms. The molecule has 0 amide bonds. The maximum Gasteiger partial charge on any atom is 0.271 e. The predicted octanol–water partition coefficient (Wildman–Crippen LogP) is 2.40. The Balaban J connectivity index is 2.09. The first kappa shape index (κ1) is 15.9. The number of hydrogen-bond donors (Lipinski definition) is 2. The van der Waals surface area contributed by atoms with E-state index in [1.54, 1.807) is 24.4 Å². The third kappa shape index (κ3) is 4.52. The topological polar surface area (TPSA) is 71.1 Å². The molecular formula is C14H19N3O2S2. The Morgan fingerprint density at radius 2 is 2.10 bits per heavy atom. The Morgan fingerprint density at radius 1 is 1.29 bits per heavy atom. The van der Waals surface area contributed by atoms with Gasteiger partial charge in [0.2, 0.25) is 0 Å². The predicted molar refractivity (Wildman–Crippen MR) is 86.3 cm³/mol. The van der Waals surface area contributed by atoms with E-state index >= 15 is 0 Å². The molecule has 0 radical (unpaired) electrons. The third-order valence-electron chi connectivity index (χ3n) is 2.85. The first-order valence-corrected chi connectivity index (χ1v) is 9.06. The van der Waals surface area contributed by atoms with Gasteiger partial charge in [0, 0.05) is 16.8 Å². The molecule has 0 atom stereocenters. The number of nitrogens with zero attached hydrogens (tertiary/aromatic N) is 1. The van der Waals surface area contributed by atoms with Crippen LogP contribution in [0, 0.1) is 6.92 Å². The second kappa shape index (κ2) is 7.02. The number of anilines is 1. The summed E-state index contributed by atoms with van der Waals surface area (Å²) in [6, 6.07) is 6.87.